The molecule has 1 atom stereocenters. The van der Waals surface area contributed by atoms with Crippen molar-refractivity contribution in [2.75, 3.05) is 0 Å². The molecule has 1 aromatic rings. The molecule has 0 aliphatic rings. The number of nitrogens with zero attached hydrogens (tertiary/aromatic N) is 1. The maximum Gasteiger partial charge on any atom is 0.126 e. The first kappa shape index (κ1) is 9.76. The predicted molar refractivity (Wildman–Crippen MR) is 53.1 cm³/mol. The molecule has 0 aliphatic carbocycles. The number of benzene rings is 1. The molecule has 0 saturated heterocycles. The van der Waals surface area contributed by atoms with Gasteiger partial charge in [0.15, 0.2) is 0 Å². The minimum Gasteiger partial charge on any atom is -0.310 e. The fourth-order valence-electron chi connectivity index (χ4n) is 1.13. The van der Waals surface area contributed by atoms with Crippen LogP contribution in [-0.4, -0.2) is 0 Å². The van der Waals surface area contributed by atoms with Crippen LogP contribution in [0.25, 0.3) is 0 Å². The summed E-state index contributed by atoms with van der Waals surface area (Å²) in [5, 5.41) is 8.83. The molecule has 0 spiro atoms. The van der Waals surface area contributed by atoms with Gasteiger partial charge >= 0.3 is 0 Å². The second-order valence-corrected chi connectivity index (χ2v) is 3.61. The third-order valence-corrected chi connectivity index (χ3v) is 2.34. The van der Waals surface area contributed by atoms with Crippen LogP contribution in [0.2, 0.25) is 0 Å². The van der Waals surface area contributed by atoms with E-state index >= 15 is 0 Å². The van der Waals surface area contributed by atoms with E-state index in [1.54, 1.807) is 6.92 Å². The second-order valence-electron chi connectivity index (χ2n) is 3.61. The third kappa shape index (κ3) is 1.88. The maximum absolute atomic E-state index is 8.83. The molecule has 2 nitrogen and oxygen atoms in total. The van der Waals surface area contributed by atoms with Gasteiger partial charge in [-0.1, -0.05) is 18.2 Å². The lowest BCUT2D eigenvalue weighted by atomic mass is 9.92. The van der Waals surface area contributed by atoms with Gasteiger partial charge < -0.3 is 5.73 Å². The van der Waals surface area contributed by atoms with Crippen LogP contribution in [0, 0.1) is 25.2 Å². The fraction of sp³-hybridized carbons (Fsp3) is 0.364. The van der Waals surface area contributed by atoms with Gasteiger partial charge in [0.1, 0.15) is 5.54 Å². The van der Waals surface area contributed by atoms with E-state index in [1.165, 1.54) is 11.1 Å². The molecule has 0 radical (unpaired) electrons. The van der Waals surface area contributed by atoms with Crippen molar-refractivity contribution in [3.8, 4) is 6.07 Å². The van der Waals surface area contributed by atoms with Gasteiger partial charge in [-0.05, 0) is 37.5 Å². The number of hydrogen-bond acceptors (Lipinski definition) is 2. The van der Waals surface area contributed by atoms with Gasteiger partial charge in [0.05, 0.1) is 6.07 Å². The van der Waals surface area contributed by atoms with Crippen molar-refractivity contribution in [3.05, 3.63) is 34.9 Å². The number of nitriles is 1. The van der Waals surface area contributed by atoms with Crippen LogP contribution in [0.4, 0.5) is 0 Å². The average Bonchev–Trinajstić information content (AvgIpc) is 2.09. The summed E-state index contributed by atoms with van der Waals surface area (Å²) in [5.74, 6) is 0. The molecule has 0 aromatic heterocycles. The molecule has 2 N–H and O–H groups in total. The van der Waals surface area contributed by atoms with Crippen LogP contribution in [0.15, 0.2) is 18.2 Å². The van der Waals surface area contributed by atoms with Gasteiger partial charge in [0.2, 0.25) is 0 Å². The number of nitrogens with two attached hydrogens (primary N) is 1. The standard InChI is InChI=1S/C11H14N2/c1-8-4-5-10(6-9(8)2)11(3,13)7-12/h4-6H,13H2,1-3H3/t11-/m1/s1. The minimum atomic E-state index is -0.877. The van der Waals surface area contributed by atoms with Gasteiger partial charge in [-0.15, -0.1) is 0 Å². The summed E-state index contributed by atoms with van der Waals surface area (Å²) in [4.78, 5) is 0. The Kier molecular flexibility index (Phi) is 2.40. The van der Waals surface area contributed by atoms with Gasteiger partial charge in [-0.25, -0.2) is 0 Å². The zero-order chi connectivity index (χ0) is 10.1. The average molecular weight is 174 g/mol. The van der Waals surface area contributed by atoms with Crippen molar-refractivity contribution in [3.63, 3.8) is 0 Å². The Morgan fingerprint density at radius 3 is 2.38 bits per heavy atom. The Bertz CT molecular complexity index is 359. The summed E-state index contributed by atoms with van der Waals surface area (Å²) in [6.07, 6.45) is 0. The Balaban J connectivity index is 3.20. The molecular weight excluding hydrogens is 160 g/mol. The van der Waals surface area contributed by atoms with Crippen molar-refractivity contribution in [2.45, 2.75) is 26.3 Å². The number of aryl methyl sites for hydroxylation is 2. The van der Waals surface area contributed by atoms with Crippen LogP contribution in [0.5, 0.6) is 0 Å². The van der Waals surface area contributed by atoms with Crippen molar-refractivity contribution < 1.29 is 0 Å². The van der Waals surface area contributed by atoms with Crippen LogP contribution >= 0.6 is 0 Å². The van der Waals surface area contributed by atoms with Crippen molar-refractivity contribution >= 4 is 0 Å². The highest BCUT2D eigenvalue weighted by Crippen LogP contribution is 2.19. The highest BCUT2D eigenvalue weighted by atomic mass is 14.7. The lowest BCUT2D eigenvalue weighted by molar-refractivity contribution is 0.645. The normalized spacial score (nSPS) is 14.7. The highest BCUT2D eigenvalue weighted by Gasteiger charge is 2.20. The molecule has 13 heavy (non-hydrogen) atoms. The maximum atomic E-state index is 8.83. The Hall–Kier alpha value is -1.33. The minimum absolute atomic E-state index is 0.873. The van der Waals surface area contributed by atoms with Gasteiger partial charge in [0.25, 0.3) is 0 Å². The molecule has 2 heteroatoms. The lowest BCUT2D eigenvalue weighted by Gasteiger charge is -2.16. The summed E-state index contributed by atoms with van der Waals surface area (Å²) >= 11 is 0. The lowest BCUT2D eigenvalue weighted by Crippen LogP contribution is -2.30. The highest BCUT2D eigenvalue weighted by molar-refractivity contribution is 5.36. The second kappa shape index (κ2) is 3.20. The van der Waals surface area contributed by atoms with Gasteiger partial charge in [0, 0.05) is 0 Å². The largest absolute Gasteiger partial charge is 0.310 e. The Labute approximate surface area is 79.0 Å². The number of rotatable bonds is 1. The molecule has 1 rings (SSSR count). The van der Waals surface area contributed by atoms with Crippen molar-refractivity contribution in [1.29, 1.82) is 5.26 Å². The van der Waals surface area contributed by atoms with E-state index in [-0.39, 0.29) is 0 Å². The summed E-state index contributed by atoms with van der Waals surface area (Å²) < 4.78 is 0. The SMILES string of the molecule is Cc1ccc([C@](C)(N)C#N)cc1C. The predicted octanol–water partition coefficient (Wildman–Crippen LogP) is 2.00. The molecule has 0 saturated carbocycles. The molecule has 1 aromatic carbocycles. The van der Waals surface area contributed by atoms with E-state index in [4.69, 9.17) is 11.0 Å². The van der Waals surface area contributed by atoms with Crippen LogP contribution in [0.1, 0.15) is 23.6 Å². The molecule has 0 amide bonds. The molecular formula is C11H14N2. The van der Waals surface area contributed by atoms with Crippen molar-refractivity contribution in [2.24, 2.45) is 5.73 Å². The van der Waals surface area contributed by atoms with E-state index in [0.717, 1.165) is 5.56 Å². The van der Waals surface area contributed by atoms with E-state index in [9.17, 15) is 0 Å². The Morgan fingerprint density at radius 2 is 1.92 bits per heavy atom. The van der Waals surface area contributed by atoms with Crippen molar-refractivity contribution in [1.82, 2.24) is 0 Å². The first-order chi connectivity index (χ1) is 5.97. The smallest absolute Gasteiger partial charge is 0.126 e. The zero-order valence-corrected chi connectivity index (χ0v) is 8.26. The van der Waals surface area contributed by atoms with E-state index < -0.39 is 5.54 Å². The molecule has 0 heterocycles. The van der Waals surface area contributed by atoms with Gasteiger partial charge in [-0.3, -0.25) is 0 Å². The summed E-state index contributed by atoms with van der Waals surface area (Å²) in [6.45, 7) is 5.78. The third-order valence-electron chi connectivity index (χ3n) is 2.34. The zero-order valence-electron chi connectivity index (χ0n) is 8.26. The monoisotopic (exact) mass is 174 g/mol. The van der Waals surface area contributed by atoms with Crippen LogP contribution < -0.4 is 5.73 Å². The van der Waals surface area contributed by atoms with Crippen LogP contribution in [-0.2, 0) is 5.54 Å². The molecule has 0 fully saturated rings. The topological polar surface area (TPSA) is 49.8 Å². The molecule has 0 aliphatic heterocycles. The van der Waals surface area contributed by atoms with Crippen LogP contribution in [0.3, 0.4) is 0 Å². The summed E-state index contributed by atoms with van der Waals surface area (Å²) in [6, 6.07) is 7.95. The molecule has 68 valence electrons. The van der Waals surface area contributed by atoms with E-state index in [1.807, 2.05) is 32.0 Å². The fourth-order valence-corrected chi connectivity index (χ4v) is 1.13. The quantitative estimate of drug-likeness (QED) is 0.708. The summed E-state index contributed by atoms with van der Waals surface area (Å²) in [5.41, 5.74) is 8.18. The first-order valence-corrected chi connectivity index (χ1v) is 4.25. The van der Waals surface area contributed by atoms with Gasteiger partial charge in [-0.2, -0.15) is 5.26 Å². The first-order valence-electron chi connectivity index (χ1n) is 4.25. The number of hydrogen-bond donors (Lipinski definition) is 1. The molecule has 0 unspecified atom stereocenters. The van der Waals surface area contributed by atoms with E-state index in [2.05, 4.69) is 6.07 Å². The molecule has 0 bridgehead atoms. The Morgan fingerprint density at radius 1 is 1.31 bits per heavy atom. The summed E-state index contributed by atoms with van der Waals surface area (Å²) in [7, 11) is 0. The van der Waals surface area contributed by atoms with E-state index in [0.29, 0.717) is 0 Å².